The highest BCUT2D eigenvalue weighted by molar-refractivity contribution is 9.09. The highest BCUT2D eigenvalue weighted by Crippen LogP contribution is 2.29. The van der Waals surface area contributed by atoms with Crippen LogP contribution >= 0.6 is 27.5 Å². The molecule has 1 aliphatic rings. The van der Waals surface area contributed by atoms with Crippen LogP contribution in [-0.4, -0.2) is 5.33 Å². The van der Waals surface area contributed by atoms with E-state index in [1.54, 1.807) is 0 Å². The minimum Gasteiger partial charge on any atom is -0.211 e. The molecule has 0 aliphatic heterocycles. The van der Waals surface area contributed by atoms with E-state index in [-0.39, 0.29) is 5.83 Å². The Kier molecular flexibility index (Phi) is 2.93. The normalized spacial score (nSPS) is 19.3. The molecule has 0 unspecified atom stereocenters. The van der Waals surface area contributed by atoms with Crippen LogP contribution in [0, 0.1) is 0 Å². The molecule has 0 radical (unpaired) electrons. The molecule has 0 bridgehead atoms. The van der Waals surface area contributed by atoms with Crippen molar-refractivity contribution in [3.8, 4) is 0 Å². The highest BCUT2D eigenvalue weighted by atomic mass is 79.9. The third-order valence-electron chi connectivity index (χ3n) is 1.44. The molecule has 0 saturated heterocycles. The predicted octanol–water partition coefficient (Wildman–Crippen LogP) is 3.52. The average molecular weight is 225 g/mol. The number of hydrogen-bond donors (Lipinski definition) is 0. The summed E-state index contributed by atoms with van der Waals surface area (Å²) in [6.07, 6.45) is 3.07. The zero-order valence-corrected chi connectivity index (χ0v) is 7.67. The molecule has 0 nitrogen and oxygen atoms in total. The van der Waals surface area contributed by atoms with E-state index in [2.05, 4.69) is 15.9 Å². The molecule has 0 aromatic heterocycles. The van der Waals surface area contributed by atoms with Crippen molar-refractivity contribution in [3.63, 3.8) is 0 Å². The summed E-state index contributed by atoms with van der Waals surface area (Å²) in [5.74, 6) is -0.0793. The molecule has 0 spiro atoms. The Morgan fingerprint density at radius 2 is 2.40 bits per heavy atom. The minimum atomic E-state index is -0.0793. The van der Waals surface area contributed by atoms with Crippen LogP contribution in [0.3, 0.4) is 0 Å². The van der Waals surface area contributed by atoms with E-state index in [0.717, 1.165) is 6.42 Å². The van der Waals surface area contributed by atoms with E-state index in [9.17, 15) is 4.39 Å². The quantitative estimate of drug-likeness (QED) is 0.599. The van der Waals surface area contributed by atoms with Gasteiger partial charge in [-0.05, 0) is 6.42 Å². The second-order valence-corrected chi connectivity index (χ2v) is 3.08. The number of halogens is 3. The lowest BCUT2D eigenvalue weighted by molar-refractivity contribution is 0.577. The lowest BCUT2D eigenvalue weighted by Gasteiger charge is -2.09. The zero-order valence-electron chi connectivity index (χ0n) is 5.33. The molecule has 0 fully saturated rings. The Morgan fingerprint density at radius 1 is 1.70 bits per heavy atom. The van der Waals surface area contributed by atoms with Gasteiger partial charge in [0.1, 0.15) is 5.83 Å². The molecule has 0 amide bonds. The summed E-state index contributed by atoms with van der Waals surface area (Å²) < 4.78 is 12.8. The molecule has 56 valence electrons. The molecule has 10 heavy (non-hydrogen) atoms. The predicted molar refractivity (Wildman–Crippen MR) is 45.1 cm³/mol. The fourth-order valence-electron chi connectivity index (χ4n) is 0.866. The first-order valence-corrected chi connectivity index (χ1v) is 4.55. The summed E-state index contributed by atoms with van der Waals surface area (Å²) in [6.45, 7) is 0. The smallest absolute Gasteiger partial charge is 0.106 e. The van der Waals surface area contributed by atoms with E-state index in [0.29, 0.717) is 22.4 Å². The van der Waals surface area contributed by atoms with Crippen molar-refractivity contribution in [1.82, 2.24) is 0 Å². The third kappa shape index (κ3) is 1.61. The van der Waals surface area contributed by atoms with Crippen LogP contribution in [0.1, 0.15) is 12.8 Å². The van der Waals surface area contributed by atoms with E-state index in [4.69, 9.17) is 11.6 Å². The van der Waals surface area contributed by atoms with Gasteiger partial charge in [0.15, 0.2) is 0 Å². The molecule has 0 heterocycles. The van der Waals surface area contributed by atoms with Crippen molar-refractivity contribution in [2.45, 2.75) is 12.8 Å². The van der Waals surface area contributed by atoms with Gasteiger partial charge in [-0.2, -0.15) is 0 Å². The highest BCUT2D eigenvalue weighted by Gasteiger charge is 2.12. The molecule has 1 aliphatic carbocycles. The van der Waals surface area contributed by atoms with E-state index in [1.165, 1.54) is 0 Å². The number of allylic oxidation sites excluding steroid dienone is 4. The lowest BCUT2D eigenvalue weighted by Crippen LogP contribution is -1.95. The maximum absolute atomic E-state index is 12.8. The molecule has 0 saturated carbocycles. The summed E-state index contributed by atoms with van der Waals surface area (Å²) in [7, 11) is 0. The monoisotopic (exact) mass is 224 g/mol. The summed E-state index contributed by atoms with van der Waals surface area (Å²) in [5.41, 5.74) is 0.605. The van der Waals surface area contributed by atoms with Gasteiger partial charge in [-0.25, -0.2) is 4.39 Å². The Bertz CT molecular complexity index is 196. The van der Waals surface area contributed by atoms with Crippen molar-refractivity contribution >= 4 is 27.5 Å². The fraction of sp³-hybridized carbons (Fsp3) is 0.429. The van der Waals surface area contributed by atoms with Crippen LogP contribution in [0.4, 0.5) is 4.39 Å². The maximum Gasteiger partial charge on any atom is 0.106 e. The summed E-state index contributed by atoms with van der Waals surface area (Å²) in [6, 6.07) is 0. The topological polar surface area (TPSA) is 0 Å². The number of rotatable bonds is 1. The Morgan fingerprint density at radius 3 is 2.80 bits per heavy atom. The second-order valence-electron chi connectivity index (χ2n) is 2.11. The van der Waals surface area contributed by atoms with E-state index >= 15 is 0 Å². The number of hydrogen-bond acceptors (Lipinski definition) is 0. The Hall–Kier alpha value is 0.180. The van der Waals surface area contributed by atoms with E-state index < -0.39 is 0 Å². The van der Waals surface area contributed by atoms with Crippen molar-refractivity contribution in [1.29, 1.82) is 0 Å². The van der Waals surface area contributed by atoms with Crippen LogP contribution in [0.15, 0.2) is 22.5 Å². The largest absolute Gasteiger partial charge is 0.211 e. The van der Waals surface area contributed by atoms with Gasteiger partial charge >= 0.3 is 0 Å². The third-order valence-corrected chi connectivity index (χ3v) is 2.38. The summed E-state index contributed by atoms with van der Waals surface area (Å²) in [4.78, 5) is 0. The molecule has 0 aromatic rings. The first-order chi connectivity index (χ1) is 4.75. The molecule has 0 N–H and O–H groups in total. The second kappa shape index (κ2) is 3.54. The molecule has 1 rings (SSSR count). The van der Waals surface area contributed by atoms with Gasteiger partial charge in [0, 0.05) is 22.4 Å². The van der Waals surface area contributed by atoms with Gasteiger partial charge in [0.2, 0.25) is 0 Å². The van der Waals surface area contributed by atoms with Gasteiger partial charge < -0.3 is 0 Å². The van der Waals surface area contributed by atoms with Crippen LogP contribution in [0.2, 0.25) is 0 Å². The average Bonchev–Trinajstić information content (AvgIpc) is 1.88. The van der Waals surface area contributed by atoms with Gasteiger partial charge in [-0.1, -0.05) is 33.6 Å². The molecular weight excluding hydrogens is 218 g/mol. The van der Waals surface area contributed by atoms with Gasteiger partial charge in [0.25, 0.3) is 0 Å². The number of alkyl halides is 1. The zero-order chi connectivity index (χ0) is 7.56. The van der Waals surface area contributed by atoms with Crippen molar-refractivity contribution in [3.05, 3.63) is 22.5 Å². The van der Waals surface area contributed by atoms with Crippen LogP contribution in [0.5, 0.6) is 0 Å². The SMILES string of the molecule is FC1=C(CBr)C(Cl)=CCC1. The van der Waals surface area contributed by atoms with Crippen LogP contribution < -0.4 is 0 Å². The minimum absolute atomic E-state index is 0.0793. The summed E-state index contributed by atoms with van der Waals surface area (Å²) in [5, 5.41) is 1.06. The molecule has 0 aromatic carbocycles. The van der Waals surface area contributed by atoms with Gasteiger partial charge in [0.05, 0.1) is 0 Å². The van der Waals surface area contributed by atoms with E-state index in [1.807, 2.05) is 6.08 Å². The maximum atomic E-state index is 12.8. The first-order valence-electron chi connectivity index (χ1n) is 3.05. The molecule has 3 heteroatoms. The van der Waals surface area contributed by atoms with Gasteiger partial charge in [-0.3, -0.25) is 0 Å². The van der Waals surface area contributed by atoms with Crippen LogP contribution in [-0.2, 0) is 0 Å². The fourth-order valence-corrected chi connectivity index (χ4v) is 1.91. The molecular formula is C7H7BrClF. The standard InChI is InChI=1S/C7H7BrClF/c8-4-5-6(9)2-1-3-7(5)10/h2H,1,3-4H2. The van der Waals surface area contributed by atoms with Gasteiger partial charge in [-0.15, -0.1) is 0 Å². The first kappa shape index (κ1) is 8.28. The van der Waals surface area contributed by atoms with Crippen molar-refractivity contribution in [2.75, 3.05) is 5.33 Å². The van der Waals surface area contributed by atoms with Crippen molar-refractivity contribution in [2.24, 2.45) is 0 Å². The summed E-state index contributed by atoms with van der Waals surface area (Å²) >= 11 is 8.88. The van der Waals surface area contributed by atoms with Crippen molar-refractivity contribution < 1.29 is 4.39 Å². The lowest BCUT2D eigenvalue weighted by atomic mass is 10.1. The van der Waals surface area contributed by atoms with Crippen LogP contribution in [0.25, 0.3) is 0 Å². The molecule has 0 atom stereocenters. The Balaban J connectivity index is 2.87. The Labute approximate surface area is 72.9 Å².